The fraction of sp³-hybridized carbons (Fsp3) is 0.250. The first-order chi connectivity index (χ1) is 20.6. The fourth-order valence-corrected chi connectivity index (χ4v) is 5.87. The number of anilines is 1. The monoisotopic (exact) mass is 590 g/mol. The number of rotatable bonds is 9. The zero-order valence-corrected chi connectivity index (χ0v) is 26.4. The van der Waals surface area contributed by atoms with Crippen LogP contribution in [0, 0.1) is 13.8 Å². The van der Waals surface area contributed by atoms with Crippen LogP contribution in [0.5, 0.6) is 5.75 Å². The van der Waals surface area contributed by atoms with E-state index in [0.717, 1.165) is 39.4 Å². The van der Waals surface area contributed by atoms with Crippen LogP contribution in [0.2, 0.25) is 0 Å². The normalized spacial score (nSPS) is 12.1. The van der Waals surface area contributed by atoms with Crippen molar-refractivity contribution in [2.45, 2.75) is 57.4 Å². The zero-order valence-electron chi connectivity index (χ0n) is 25.6. The number of benzene rings is 4. The van der Waals surface area contributed by atoms with Gasteiger partial charge in [-0.2, -0.15) is 0 Å². The van der Waals surface area contributed by atoms with Gasteiger partial charge in [-0.15, -0.1) is 10.2 Å². The quantitative estimate of drug-likeness (QED) is 0.174. The lowest BCUT2D eigenvalue weighted by molar-refractivity contribution is -0.115. The number of aryl methyl sites for hydroxylation is 2. The molecule has 1 heterocycles. The molecule has 0 aliphatic heterocycles. The van der Waals surface area contributed by atoms with E-state index < -0.39 is 5.25 Å². The maximum absolute atomic E-state index is 13.9. The maximum Gasteiger partial charge on any atom is 0.242 e. The van der Waals surface area contributed by atoms with E-state index in [9.17, 15) is 4.79 Å². The standard InChI is InChI=1S/C36H38N4O2S/c1-7-42-30-21-19-29(20-22-30)40-33(27-15-17-28(18-16-27)36(4,5)6)38-39-35(40)43-32(26-11-9-8-10-12-26)34(41)37-31-23-24(2)13-14-25(31)3/h8-23,32H,7H2,1-6H3,(H,37,41)/t32-/m0/s1. The number of ether oxygens (including phenoxy) is 1. The lowest BCUT2D eigenvalue weighted by atomic mass is 9.87. The van der Waals surface area contributed by atoms with Crippen molar-refractivity contribution < 1.29 is 9.53 Å². The van der Waals surface area contributed by atoms with Gasteiger partial charge < -0.3 is 10.1 Å². The van der Waals surface area contributed by atoms with Gasteiger partial charge in [0.15, 0.2) is 11.0 Å². The summed E-state index contributed by atoms with van der Waals surface area (Å²) in [6.07, 6.45) is 0. The molecule has 0 aliphatic carbocycles. The van der Waals surface area contributed by atoms with E-state index in [0.29, 0.717) is 17.6 Å². The van der Waals surface area contributed by atoms with Crippen molar-refractivity contribution in [2.24, 2.45) is 0 Å². The SMILES string of the molecule is CCOc1ccc(-n2c(S[C@H](C(=O)Nc3cc(C)ccc3C)c3ccccc3)nnc2-c2ccc(C(C)(C)C)cc2)cc1. The van der Waals surface area contributed by atoms with Crippen LogP contribution in [0.3, 0.4) is 0 Å². The summed E-state index contributed by atoms with van der Waals surface area (Å²) in [6, 6.07) is 32.2. The average Bonchev–Trinajstić information content (AvgIpc) is 3.42. The summed E-state index contributed by atoms with van der Waals surface area (Å²) < 4.78 is 7.72. The summed E-state index contributed by atoms with van der Waals surface area (Å²) in [5.74, 6) is 1.37. The fourth-order valence-electron chi connectivity index (χ4n) is 4.82. The van der Waals surface area contributed by atoms with Crippen molar-refractivity contribution in [2.75, 3.05) is 11.9 Å². The summed E-state index contributed by atoms with van der Waals surface area (Å²) in [5, 5.41) is 12.5. The highest BCUT2D eigenvalue weighted by molar-refractivity contribution is 8.00. The number of nitrogens with one attached hydrogen (secondary N) is 1. The van der Waals surface area contributed by atoms with Gasteiger partial charge in [0.05, 0.1) is 6.61 Å². The third-order valence-electron chi connectivity index (χ3n) is 7.26. The van der Waals surface area contributed by atoms with Crippen LogP contribution in [-0.2, 0) is 10.2 Å². The second-order valence-electron chi connectivity index (χ2n) is 11.6. The number of aromatic nitrogens is 3. The van der Waals surface area contributed by atoms with E-state index in [4.69, 9.17) is 4.74 Å². The zero-order chi connectivity index (χ0) is 30.6. The molecule has 0 fully saturated rings. The van der Waals surface area contributed by atoms with Crippen LogP contribution in [0.4, 0.5) is 5.69 Å². The summed E-state index contributed by atoms with van der Waals surface area (Å²) in [6.45, 7) is 13.2. The first-order valence-corrected chi connectivity index (χ1v) is 15.4. The van der Waals surface area contributed by atoms with Crippen LogP contribution in [0.25, 0.3) is 17.1 Å². The number of hydrogen-bond donors (Lipinski definition) is 1. The minimum Gasteiger partial charge on any atom is -0.494 e. The molecule has 0 radical (unpaired) electrons. The average molecular weight is 591 g/mol. The highest BCUT2D eigenvalue weighted by Gasteiger charge is 2.27. The van der Waals surface area contributed by atoms with Crippen LogP contribution in [0.1, 0.15) is 55.2 Å². The molecule has 1 atom stereocenters. The Labute approximate surface area is 258 Å². The van der Waals surface area contributed by atoms with Gasteiger partial charge in [-0.3, -0.25) is 9.36 Å². The van der Waals surface area contributed by atoms with Crippen LogP contribution < -0.4 is 10.1 Å². The second kappa shape index (κ2) is 12.9. The van der Waals surface area contributed by atoms with Crippen molar-refractivity contribution >= 4 is 23.4 Å². The number of nitrogens with zero attached hydrogens (tertiary/aromatic N) is 3. The third-order valence-corrected chi connectivity index (χ3v) is 8.46. The summed E-state index contributed by atoms with van der Waals surface area (Å²) >= 11 is 1.38. The van der Waals surface area contributed by atoms with Gasteiger partial charge >= 0.3 is 0 Å². The number of hydrogen-bond acceptors (Lipinski definition) is 5. The molecule has 0 aliphatic rings. The molecule has 5 aromatic rings. The summed E-state index contributed by atoms with van der Waals surface area (Å²) in [5.41, 5.74) is 6.88. The molecule has 7 heteroatoms. The van der Waals surface area contributed by atoms with Gasteiger partial charge in [-0.05, 0) is 78.8 Å². The molecule has 0 saturated heterocycles. The Bertz CT molecular complexity index is 1690. The molecular weight excluding hydrogens is 552 g/mol. The third kappa shape index (κ3) is 7.00. The van der Waals surface area contributed by atoms with Crippen LogP contribution >= 0.6 is 11.8 Å². The Morgan fingerprint density at radius 1 is 0.907 bits per heavy atom. The molecule has 1 amide bonds. The Morgan fingerprint density at radius 2 is 1.60 bits per heavy atom. The first-order valence-electron chi connectivity index (χ1n) is 14.5. The molecule has 1 N–H and O–H groups in total. The van der Waals surface area contributed by atoms with E-state index in [1.807, 2.05) is 98.1 Å². The van der Waals surface area contributed by atoms with Crippen LogP contribution in [0.15, 0.2) is 102 Å². The van der Waals surface area contributed by atoms with Crippen molar-refractivity contribution in [1.29, 1.82) is 0 Å². The predicted octanol–water partition coefficient (Wildman–Crippen LogP) is 8.72. The Balaban J connectivity index is 1.58. The minimum atomic E-state index is -0.567. The first kappa shape index (κ1) is 30.1. The van der Waals surface area contributed by atoms with E-state index in [2.05, 4.69) is 60.6 Å². The molecule has 220 valence electrons. The van der Waals surface area contributed by atoms with Gasteiger partial charge in [0.25, 0.3) is 0 Å². The Kier molecular flexibility index (Phi) is 9.02. The second-order valence-corrected chi connectivity index (χ2v) is 12.7. The van der Waals surface area contributed by atoms with Gasteiger partial charge in [-0.25, -0.2) is 0 Å². The lowest BCUT2D eigenvalue weighted by Gasteiger charge is -2.20. The van der Waals surface area contributed by atoms with Gasteiger partial charge in [-0.1, -0.05) is 99.3 Å². The molecular formula is C36H38N4O2S. The molecule has 0 bridgehead atoms. The Hall–Kier alpha value is -4.36. The maximum atomic E-state index is 13.9. The van der Waals surface area contributed by atoms with Crippen molar-refractivity contribution in [3.05, 3.63) is 119 Å². The van der Waals surface area contributed by atoms with Crippen molar-refractivity contribution in [3.63, 3.8) is 0 Å². The van der Waals surface area contributed by atoms with E-state index in [1.165, 1.54) is 17.3 Å². The number of carbonyl (C=O) groups excluding carboxylic acids is 1. The molecule has 0 unspecified atom stereocenters. The molecule has 0 saturated carbocycles. The highest BCUT2D eigenvalue weighted by atomic mass is 32.2. The number of amides is 1. The van der Waals surface area contributed by atoms with Crippen LogP contribution in [-0.4, -0.2) is 27.3 Å². The minimum absolute atomic E-state index is 0.0360. The van der Waals surface area contributed by atoms with Gasteiger partial charge in [0.2, 0.25) is 5.91 Å². The van der Waals surface area contributed by atoms with E-state index >= 15 is 0 Å². The molecule has 5 rings (SSSR count). The summed E-state index contributed by atoms with van der Waals surface area (Å²) in [4.78, 5) is 13.9. The lowest BCUT2D eigenvalue weighted by Crippen LogP contribution is -2.20. The molecule has 6 nitrogen and oxygen atoms in total. The topological polar surface area (TPSA) is 69.0 Å². The van der Waals surface area contributed by atoms with Crippen molar-refractivity contribution in [3.8, 4) is 22.8 Å². The van der Waals surface area contributed by atoms with Gasteiger partial charge in [0, 0.05) is 16.9 Å². The highest BCUT2D eigenvalue weighted by Crippen LogP contribution is 2.39. The van der Waals surface area contributed by atoms with E-state index in [1.54, 1.807) is 0 Å². The summed E-state index contributed by atoms with van der Waals surface area (Å²) in [7, 11) is 0. The predicted molar refractivity (Wildman–Crippen MR) is 176 cm³/mol. The number of thioether (sulfide) groups is 1. The molecule has 1 aromatic heterocycles. The molecule has 43 heavy (non-hydrogen) atoms. The van der Waals surface area contributed by atoms with E-state index in [-0.39, 0.29) is 11.3 Å². The number of carbonyl (C=O) groups is 1. The molecule has 4 aromatic carbocycles. The molecule has 0 spiro atoms. The Morgan fingerprint density at radius 3 is 2.26 bits per heavy atom. The largest absolute Gasteiger partial charge is 0.494 e. The van der Waals surface area contributed by atoms with Crippen molar-refractivity contribution in [1.82, 2.24) is 14.8 Å². The smallest absolute Gasteiger partial charge is 0.242 e. The van der Waals surface area contributed by atoms with Gasteiger partial charge in [0.1, 0.15) is 11.0 Å².